The Balaban J connectivity index is 1.55. The zero-order chi connectivity index (χ0) is 18.8. The smallest absolute Gasteiger partial charge is 0.240 e. The molecule has 8 heteroatoms. The molecule has 136 valence electrons. The van der Waals surface area contributed by atoms with Crippen LogP contribution in [0.2, 0.25) is 0 Å². The number of hydrogen-bond donors (Lipinski definition) is 0. The second kappa shape index (κ2) is 7.32. The molecule has 0 fully saturated rings. The van der Waals surface area contributed by atoms with Crippen molar-refractivity contribution in [2.24, 2.45) is 7.05 Å². The lowest BCUT2D eigenvalue weighted by Crippen LogP contribution is -1.98. The van der Waals surface area contributed by atoms with Crippen LogP contribution < -0.4 is 0 Å². The van der Waals surface area contributed by atoms with Crippen molar-refractivity contribution in [1.82, 2.24) is 24.9 Å². The van der Waals surface area contributed by atoms with E-state index in [0.29, 0.717) is 28.3 Å². The van der Waals surface area contributed by atoms with E-state index in [4.69, 9.17) is 4.52 Å². The van der Waals surface area contributed by atoms with E-state index in [2.05, 4.69) is 20.3 Å². The quantitative estimate of drug-likeness (QED) is 0.473. The first-order valence-electron chi connectivity index (χ1n) is 8.33. The number of benzene rings is 2. The Bertz CT molecular complexity index is 1060. The van der Waals surface area contributed by atoms with Crippen molar-refractivity contribution in [2.45, 2.75) is 17.3 Å². The van der Waals surface area contributed by atoms with Gasteiger partial charge in [-0.05, 0) is 19.1 Å². The summed E-state index contributed by atoms with van der Waals surface area (Å²) in [7, 11) is 1.81. The number of halogens is 1. The normalized spacial score (nSPS) is 12.3. The summed E-state index contributed by atoms with van der Waals surface area (Å²) in [6.45, 7) is 1.95. The Labute approximate surface area is 159 Å². The molecule has 0 bridgehead atoms. The monoisotopic (exact) mass is 381 g/mol. The van der Waals surface area contributed by atoms with Crippen molar-refractivity contribution in [1.29, 1.82) is 0 Å². The lowest BCUT2D eigenvalue weighted by molar-refractivity contribution is 0.380. The van der Waals surface area contributed by atoms with Crippen LogP contribution in [-0.2, 0) is 7.05 Å². The van der Waals surface area contributed by atoms with Crippen LogP contribution >= 0.6 is 11.8 Å². The maximum atomic E-state index is 14.0. The van der Waals surface area contributed by atoms with Crippen LogP contribution in [0.3, 0.4) is 0 Å². The SMILES string of the molecule is CC(Sc1nnc(-c2ccccc2F)n1C)c1nc(-c2ccccc2)no1. The highest BCUT2D eigenvalue weighted by atomic mass is 32.2. The van der Waals surface area contributed by atoms with Gasteiger partial charge in [-0.3, -0.25) is 0 Å². The molecule has 1 unspecified atom stereocenters. The molecule has 2 heterocycles. The minimum Gasteiger partial charge on any atom is -0.338 e. The molecule has 0 amide bonds. The minimum absolute atomic E-state index is 0.133. The summed E-state index contributed by atoms with van der Waals surface area (Å²) in [6, 6.07) is 16.1. The molecule has 0 saturated carbocycles. The second-order valence-corrected chi connectivity index (χ2v) is 7.24. The van der Waals surface area contributed by atoms with Gasteiger partial charge in [0.1, 0.15) is 5.82 Å². The lowest BCUT2D eigenvalue weighted by Gasteiger charge is -2.07. The highest BCUT2D eigenvalue weighted by molar-refractivity contribution is 7.99. The summed E-state index contributed by atoms with van der Waals surface area (Å²) < 4.78 is 21.2. The van der Waals surface area contributed by atoms with Gasteiger partial charge in [-0.1, -0.05) is 59.4 Å². The summed E-state index contributed by atoms with van der Waals surface area (Å²) in [6.07, 6.45) is 0. The van der Waals surface area contributed by atoms with Crippen LogP contribution in [-0.4, -0.2) is 24.9 Å². The molecule has 2 aromatic heterocycles. The van der Waals surface area contributed by atoms with Gasteiger partial charge in [0.25, 0.3) is 0 Å². The van der Waals surface area contributed by atoms with Gasteiger partial charge in [0, 0.05) is 12.6 Å². The molecule has 6 nitrogen and oxygen atoms in total. The fraction of sp³-hybridized carbons (Fsp3) is 0.158. The fourth-order valence-electron chi connectivity index (χ4n) is 2.61. The summed E-state index contributed by atoms with van der Waals surface area (Å²) in [4.78, 5) is 4.47. The van der Waals surface area contributed by atoms with E-state index in [1.165, 1.54) is 17.8 Å². The number of rotatable bonds is 5. The van der Waals surface area contributed by atoms with Gasteiger partial charge in [-0.2, -0.15) is 4.98 Å². The van der Waals surface area contributed by atoms with Crippen LogP contribution in [0.15, 0.2) is 64.3 Å². The van der Waals surface area contributed by atoms with Crippen molar-refractivity contribution >= 4 is 11.8 Å². The molecule has 0 aliphatic rings. The first kappa shape index (κ1) is 17.4. The van der Waals surface area contributed by atoms with Gasteiger partial charge in [-0.25, -0.2) is 4.39 Å². The van der Waals surface area contributed by atoms with Crippen LogP contribution in [0.1, 0.15) is 18.1 Å². The molecule has 0 spiro atoms. The van der Waals surface area contributed by atoms with Gasteiger partial charge in [0.2, 0.25) is 11.7 Å². The molecule has 2 aromatic carbocycles. The molecule has 0 N–H and O–H groups in total. The zero-order valence-corrected chi connectivity index (χ0v) is 15.5. The number of thioether (sulfide) groups is 1. The third-order valence-corrected chi connectivity index (χ3v) is 5.17. The summed E-state index contributed by atoms with van der Waals surface area (Å²) >= 11 is 1.42. The predicted octanol–water partition coefficient (Wildman–Crippen LogP) is 4.52. The van der Waals surface area contributed by atoms with Crippen LogP contribution in [0.4, 0.5) is 4.39 Å². The van der Waals surface area contributed by atoms with E-state index in [-0.39, 0.29) is 11.1 Å². The lowest BCUT2D eigenvalue weighted by atomic mass is 10.2. The van der Waals surface area contributed by atoms with Gasteiger partial charge in [-0.15, -0.1) is 10.2 Å². The molecule has 0 aliphatic carbocycles. The minimum atomic E-state index is -0.331. The second-order valence-electron chi connectivity index (χ2n) is 5.93. The molecule has 4 aromatic rings. The van der Waals surface area contributed by atoms with E-state index in [9.17, 15) is 4.39 Å². The first-order valence-corrected chi connectivity index (χ1v) is 9.21. The van der Waals surface area contributed by atoms with Crippen molar-refractivity contribution < 1.29 is 8.91 Å². The van der Waals surface area contributed by atoms with Crippen molar-refractivity contribution in [3.8, 4) is 22.8 Å². The summed E-state index contributed by atoms with van der Waals surface area (Å²) in [5, 5.41) is 12.9. The number of nitrogens with zero attached hydrogens (tertiary/aromatic N) is 5. The summed E-state index contributed by atoms with van der Waals surface area (Å²) in [5.74, 6) is 1.18. The average Bonchev–Trinajstić information content (AvgIpc) is 3.31. The van der Waals surface area contributed by atoms with E-state index in [1.807, 2.05) is 37.3 Å². The summed E-state index contributed by atoms with van der Waals surface area (Å²) in [5.41, 5.74) is 1.31. The highest BCUT2D eigenvalue weighted by Gasteiger charge is 2.21. The van der Waals surface area contributed by atoms with Crippen LogP contribution in [0.5, 0.6) is 0 Å². The maximum absolute atomic E-state index is 14.0. The van der Waals surface area contributed by atoms with Gasteiger partial charge in [0.15, 0.2) is 11.0 Å². The topological polar surface area (TPSA) is 69.6 Å². The molecule has 0 aliphatic heterocycles. The Morgan fingerprint density at radius 1 is 1.04 bits per heavy atom. The molecule has 4 rings (SSSR count). The molecule has 0 saturated heterocycles. The maximum Gasteiger partial charge on any atom is 0.240 e. The Kier molecular flexibility index (Phi) is 4.72. The predicted molar refractivity (Wildman–Crippen MR) is 100 cm³/mol. The molecule has 0 radical (unpaired) electrons. The first-order chi connectivity index (χ1) is 13.1. The Morgan fingerprint density at radius 3 is 2.56 bits per heavy atom. The molecular formula is C19H16FN5OS. The van der Waals surface area contributed by atoms with Crippen LogP contribution in [0, 0.1) is 5.82 Å². The number of hydrogen-bond acceptors (Lipinski definition) is 6. The van der Waals surface area contributed by atoms with Crippen molar-refractivity contribution in [3.63, 3.8) is 0 Å². The van der Waals surface area contributed by atoms with Crippen molar-refractivity contribution in [3.05, 3.63) is 66.3 Å². The zero-order valence-electron chi connectivity index (χ0n) is 14.7. The van der Waals surface area contributed by atoms with Gasteiger partial charge < -0.3 is 9.09 Å². The van der Waals surface area contributed by atoms with E-state index >= 15 is 0 Å². The Hall–Kier alpha value is -3.00. The molecular weight excluding hydrogens is 365 g/mol. The standard InChI is InChI=1S/C19H16FN5OS/c1-12(18-21-16(24-26-18)13-8-4-3-5-9-13)27-19-23-22-17(25(19)2)14-10-6-7-11-15(14)20/h3-12H,1-2H3. The third kappa shape index (κ3) is 3.48. The van der Waals surface area contributed by atoms with Crippen molar-refractivity contribution in [2.75, 3.05) is 0 Å². The van der Waals surface area contributed by atoms with Gasteiger partial charge in [0.05, 0.1) is 10.8 Å². The highest BCUT2D eigenvalue weighted by Crippen LogP contribution is 2.35. The van der Waals surface area contributed by atoms with Crippen LogP contribution in [0.25, 0.3) is 22.8 Å². The molecule has 1 atom stereocenters. The Morgan fingerprint density at radius 2 is 1.78 bits per heavy atom. The fourth-order valence-corrected chi connectivity index (χ4v) is 3.45. The third-order valence-electron chi connectivity index (χ3n) is 4.05. The van der Waals surface area contributed by atoms with E-state index < -0.39 is 0 Å². The average molecular weight is 381 g/mol. The molecule has 27 heavy (non-hydrogen) atoms. The number of aromatic nitrogens is 5. The van der Waals surface area contributed by atoms with E-state index in [1.54, 1.807) is 29.8 Å². The largest absolute Gasteiger partial charge is 0.338 e. The van der Waals surface area contributed by atoms with E-state index in [0.717, 1.165) is 5.56 Å². The van der Waals surface area contributed by atoms with Gasteiger partial charge >= 0.3 is 0 Å².